The van der Waals surface area contributed by atoms with Crippen LogP contribution in [-0.2, 0) is 6.42 Å². The van der Waals surface area contributed by atoms with Crippen LogP contribution in [0.3, 0.4) is 0 Å². The van der Waals surface area contributed by atoms with Crippen LogP contribution in [0.5, 0.6) is 0 Å². The minimum Gasteiger partial charge on any atom is -0.339 e. The van der Waals surface area contributed by atoms with Crippen molar-refractivity contribution in [3.05, 3.63) is 35.7 Å². The van der Waals surface area contributed by atoms with E-state index < -0.39 is 11.6 Å². The summed E-state index contributed by atoms with van der Waals surface area (Å²) in [5, 5.41) is 3.84. The summed E-state index contributed by atoms with van der Waals surface area (Å²) < 4.78 is 31.4. The van der Waals surface area contributed by atoms with Gasteiger partial charge < -0.3 is 9.42 Å². The van der Waals surface area contributed by atoms with Gasteiger partial charge in [-0.1, -0.05) is 11.6 Å². The predicted molar refractivity (Wildman–Crippen MR) is 82.9 cm³/mol. The van der Waals surface area contributed by atoms with E-state index in [1.807, 2.05) is 0 Å². The van der Waals surface area contributed by atoms with E-state index in [1.54, 1.807) is 0 Å². The van der Waals surface area contributed by atoms with Gasteiger partial charge in [-0.2, -0.15) is 4.98 Å². The van der Waals surface area contributed by atoms with E-state index in [0.29, 0.717) is 23.7 Å². The van der Waals surface area contributed by atoms with E-state index in [1.165, 1.54) is 38.4 Å². The monoisotopic (exact) mass is 321 g/mol. The highest BCUT2D eigenvalue weighted by molar-refractivity contribution is 5.54. The molecule has 0 unspecified atom stereocenters. The van der Waals surface area contributed by atoms with Crippen LogP contribution in [0.15, 0.2) is 22.7 Å². The van der Waals surface area contributed by atoms with Gasteiger partial charge in [0.15, 0.2) is 11.6 Å². The van der Waals surface area contributed by atoms with Gasteiger partial charge in [0, 0.05) is 12.0 Å². The molecule has 0 atom stereocenters. The Balaban J connectivity index is 1.48. The predicted octanol–water partition coefficient (Wildman–Crippen LogP) is 3.82. The number of aryl methyl sites for hydroxylation is 1. The lowest BCUT2D eigenvalue weighted by Crippen LogP contribution is -2.30. The first-order valence-corrected chi connectivity index (χ1v) is 8.23. The number of piperidine rings is 1. The molecule has 124 valence electrons. The molecule has 1 saturated heterocycles. The van der Waals surface area contributed by atoms with Crippen LogP contribution in [0.25, 0.3) is 11.4 Å². The van der Waals surface area contributed by atoms with Crippen molar-refractivity contribution in [3.8, 4) is 11.4 Å². The maximum Gasteiger partial charge on any atom is 0.226 e. The largest absolute Gasteiger partial charge is 0.339 e. The molecule has 6 heteroatoms. The normalized spacial score (nSPS) is 15.9. The van der Waals surface area contributed by atoms with Gasteiger partial charge in [0.1, 0.15) is 0 Å². The van der Waals surface area contributed by atoms with E-state index in [9.17, 15) is 8.78 Å². The summed E-state index contributed by atoms with van der Waals surface area (Å²) in [6.07, 6.45) is 6.76. The molecule has 2 heterocycles. The molecule has 23 heavy (non-hydrogen) atoms. The number of rotatable bonds is 6. The Bertz CT molecular complexity index is 639. The topological polar surface area (TPSA) is 42.2 Å². The van der Waals surface area contributed by atoms with Gasteiger partial charge in [-0.25, -0.2) is 8.78 Å². The quantitative estimate of drug-likeness (QED) is 0.759. The van der Waals surface area contributed by atoms with Crippen LogP contribution >= 0.6 is 0 Å². The molecule has 0 amide bonds. The second-order valence-electron chi connectivity index (χ2n) is 6.00. The molecule has 1 fully saturated rings. The Morgan fingerprint density at radius 3 is 2.65 bits per heavy atom. The third-order valence-corrected chi connectivity index (χ3v) is 4.21. The Kier molecular flexibility index (Phi) is 5.33. The van der Waals surface area contributed by atoms with Crippen LogP contribution in [0.1, 0.15) is 38.0 Å². The second kappa shape index (κ2) is 7.64. The molecule has 1 aliphatic rings. The summed E-state index contributed by atoms with van der Waals surface area (Å²) >= 11 is 0. The van der Waals surface area contributed by atoms with Gasteiger partial charge in [0.05, 0.1) is 0 Å². The molecule has 1 aromatic carbocycles. The summed E-state index contributed by atoms with van der Waals surface area (Å²) in [4.78, 5) is 6.76. The second-order valence-corrected chi connectivity index (χ2v) is 6.00. The van der Waals surface area contributed by atoms with E-state index in [4.69, 9.17) is 4.52 Å². The van der Waals surface area contributed by atoms with Gasteiger partial charge in [0.2, 0.25) is 11.7 Å². The first kappa shape index (κ1) is 16.1. The van der Waals surface area contributed by atoms with Crippen molar-refractivity contribution in [2.75, 3.05) is 19.6 Å². The third-order valence-electron chi connectivity index (χ3n) is 4.21. The van der Waals surface area contributed by atoms with E-state index in [2.05, 4.69) is 15.0 Å². The average Bonchev–Trinajstić information content (AvgIpc) is 3.04. The van der Waals surface area contributed by atoms with E-state index in [0.717, 1.165) is 31.5 Å². The zero-order valence-corrected chi connectivity index (χ0v) is 13.1. The van der Waals surface area contributed by atoms with Gasteiger partial charge in [-0.05, 0) is 63.5 Å². The molecule has 2 aromatic rings. The molecule has 1 aromatic heterocycles. The molecule has 0 N–H and O–H groups in total. The average molecular weight is 321 g/mol. The van der Waals surface area contributed by atoms with Crippen LogP contribution in [0.4, 0.5) is 8.78 Å². The highest BCUT2D eigenvalue weighted by atomic mass is 19.2. The minimum atomic E-state index is -0.907. The van der Waals surface area contributed by atoms with Crippen molar-refractivity contribution in [2.45, 2.75) is 38.5 Å². The molecule has 0 saturated carbocycles. The van der Waals surface area contributed by atoms with E-state index in [-0.39, 0.29) is 0 Å². The number of benzene rings is 1. The first-order chi connectivity index (χ1) is 11.2. The van der Waals surface area contributed by atoms with Crippen molar-refractivity contribution in [1.29, 1.82) is 0 Å². The summed E-state index contributed by atoms with van der Waals surface area (Å²) in [5.74, 6) is -0.941. The van der Waals surface area contributed by atoms with Gasteiger partial charge >= 0.3 is 0 Å². The van der Waals surface area contributed by atoms with Crippen LogP contribution in [0, 0.1) is 11.6 Å². The number of hydrogen-bond donors (Lipinski definition) is 0. The van der Waals surface area contributed by atoms with Crippen molar-refractivity contribution in [2.24, 2.45) is 0 Å². The number of unbranched alkanes of at least 4 members (excludes halogenated alkanes) is 1. The fourth-order valence-electron chi connectivity index (χ4n) is 2.90. The Labute approximate surface area is 134 Å². The molecular weight excluding hydrogens is 300 g/mol. The molecule has 0 spiro atoms. The molecule has 3 rings (SSSR count). The molecule has 0 aliphatic carbocycles. The van der Waals surface area contributed by atoms with Crippen molar-refractivity contribution < 1.29 is 13.3 Å². The Hall–Kier alpha value is -1.82. The van der Waals surface area contributed by atoms with Crippen molar-refractivity contribution in [1.82, 2.24) is 15.0 Å². The zero-order chi connectivity index (χ0) is 16.1. The lowest BCUT2D eigenvalue weighted by molar-refractivity contribution is 0.224. The fourth-order valence-corrected chi connectivity index (χ4v) is 2.90. The maximum atomic E-state index is 13.2. The molecule has 0 bridgehead atoms. The molecule has 4 nitrogen and oxygen atoms in total. The van der Waals surface area contributed by atoms with Gasteiger partial charge in [0.25, 0.3) is 0 Å². The third kappa shape index (κ3) is 4.34. The summed E-state index contributed by atoms with van der Waals surface area (Å²) in [6, 6.07) is 3.60. The van der Waals surface area contributed by atoms with Crippen molar-refractivity contribution >= 4 is 0 Å². The number of nitrogens with zero attached hydrogens (tertiary/aromatic N) is 3. The Morgan fingerprint density at radius 1 is 1.04 bits per heavy atom. The standard InChI is InChI=1S/C17H21F2N3O/c18-14-8-7-13(12-15(14)19)17-20-16(23-21-17)6-2-5-11-22-9-3-1-4-10-22/h7-8,12H,1-6,9-11H2. The lowest BCUT2D eigenvalue weighted by atomic mass is 10.1. The first-order valence-electron chi connectivity index (χ1n) is 8.23. The SMILES string of the molecule is Fc1ccc(-c2noc(CCCCN3CCCCC3)n2)cc1F. The maximum absolute atomic E-state index is 13.2. The van der Waals surface area contributed by atoms with Crippen LogP contribution < -0.4 is 0 Å². The number of halogens is 2. The fraction of sp³-hybridized carbons (Fsp3) is 0.529. The summed E-state index contributed by atoms with van der Waals surface area (Å²) in [6.45, 7) is 3.53. The number of aromatic nitrogens is 2. The van der Waals surface area contributed by atoms with Crippen molar-refractivity contribution in [3.63, 3.8) is 0 Å². The van der Waals surface area contributed by atoms with Crippen LogP contribution in [-0.4, -0.2) is 34.7 Å². The zero-order valence-electron chi connectivity index (χ0n) is 13.1. The Morgan fingerprint density at radius 2 is 1.87 bits per heavy atom. The molecule has 0 radical (unpaired) electrons. The molecule has 1 aliphatic heterocycles. The summed E-state index contributed by atoms with van der Waals surface area (Å²) in [7, 11) is 0. The number of hydrogen-bond acceptors (Lipinski definition) is 4. The minimum absolute atomic E-state index is 0.301. The highest BCUT2D eigenvalue weighted by Crippen LogP contribution is 2.19. The summed E-state index contributed by atoms with van der Waals surface area (Å²) in [5.41, 5.74) is 0.423. The van der Waals surface area contributed by atoms with Crippen LogP contribution in [0.2, 0.25) is 0 Å². The van der Waals surface area contributed by atoms with Gasteiger partial charge in [-0.3, -0.25) is 0 Å². The highest BCUT2D eigenvalue weighted by Gasteiger charge is 2.12. The van der Waals surface area contributed by atoms with E-state index >= 15 is 0 Å². The number of likely N-dealkylation sites (tertiary alicyclic amines) is 1. The van der Waals surface area contributed by atoms with Gasteiger partial charge in [-0.15, -0.1) is 0 Å². The molecular formula is C17H21F2N3O. The lowest BCUT2D eigenvalue weighted by Gasteiger charge is -2.26. The smallest absolute Gasteiger partial charge is 0.226 e.